The van der Waals surface area contributed by atoms with Crippen LogP contribution in [0.1, 0.15) is 114 Å². The molecule has 2 amide bonds. The molecule has 18 heteroatoms. The molecule has 0 radical (unpaired) electrons. The summed E-state index contributed by atoms with van der Waals surface area (Å²) >= 11 is 0. The number of carbonyl (C=O) groups is 4. The molecule has 0 bridgehead atoms. The van der Waals surface area contributed by atoms with E-state index in [0.29, 0.717) is 127 Å². The number of piperidine rings is 2. The molecular weight excluding hydrogens is 1030 g/mol. The molecule has 0 N–H and O–H groups in total. The minimum Gasteiger partial charge on any atom is -0.493 e. The highest BCUT2D eigenvalue weighted by Gasteiger charge is 2.40. The standard InChI is InChI=1S/C62H80F2N4O12/c1-43(2)41-77-53-19-11-47(12-20-53)57(59(69)67(39-45-7-15-49(63)16-8-45)51-23-29-65(30-24-51)33-27-55-73-35-5-36-74-55)79-61(71)62(72)80-58(48-13-21-54(22-14-48)78-42-44(3)4)60(70)68(40-46-9-17-50(64)18-10-46)52-25-31-66(32-26-52)34-28-56-75-37-6-38-76-56/h7-22,43-44,51-52,55-58H,5-6,23-42H2,1-4H3. The van der Waals surface area contributed by atoms with E-state index in [1.165, 1.54) is 24.3 Å². The third-order valence-corrected chi connectivity index (χ3v) is 14.8. The number of halogens is 2. The summed E-state index contributed by atoms with van der Waals surface area (Å²) in [6, 6.07) is 24.3. The van der Waals surface area contributed by atoms with E-state index >= 15 is 9.59 Å². The number of amides is 2. The van der Waals surface area contributed by atoms with Crippen LogP contribution in [0.2, 0.25) is 0 Å². The van der Waals surface area contributed by atoms with Crippen LogP contribution in [0.4, 0.5) is 8.78 Å². The zero-order chi connectivity index (χ0) is 56.4. The Morgan fingerprint density at radius 2 is 0.850 bits per heavy atom. The van der Waals surface area contributed by atoms with Gasteiger partial charge in [-0.25, -0.2) is 18.4 Å². The quantitative estimate of drug-likeness (QED) is 0.0484. The van der Waals surface area contributed by atoms with Gasteiger partial charge in [0.25, 0.3) is 11.8 Å². The van der Waals surface area contributed by atoms with Gasteiger partial charge in [0.1, 0.15) is 23.1 Å². The van der Waals surface area contributed by atoms with Gasteiger partial charge in [0.2, 0.25) is 12.2 Å². The number of nitrogens with zero attached hydrogens (tertiary/aromatic N) is 4. The van der Waals surface area contributed by atoms with Crippen molar-refractivity contribution in [3.8, 4) is 11.5 Å². The monoisotopic (exact) mass is 1110 g/mol. The highest BCUT2D eigenvalue weighted by atomic mass is 19.1. The van der Waals surface area contributed by atoms with Crippen LogP contribution in [0.3, 0.4) is 0 Å². The molecule has 0 spiro atoms. The van der Waals surface area contributed by atoms with Crippen LogP contribution < -0.4 is 9.47 Å². The summed E-state index contributed by atoms with van der Waals surface area (Å²) in [5.74, 6) is -3.53. The second-order valence-electron chi connectivity index (χ2n) is 22.1. The fraction of sp³-hybridized carbons (Fsp3) is 0.548. The summed E-state index contributed by atoms with van der Waals surface area (Å²) in [5, 5.41) is 0. The molecule has 2 atom stereocenters. The van der Waals surface area contributed by atoms with Crippen molar-refractivity contribution in [3.63, 3.8) is 0 Å². The molecule has 0 saturated carbocycles. The van der Waals surface area contributed by atoms with Gasteiger partial charge in [-0.05, 0) is 110 Å². The Bertz CT molecular complexity index is 2370. The molecule has 4 aliphatic heterocycles. The van der Waals surface area contributed by atoms with Crippen molar-refractivity contribution in [2.45, 2.75) is 129 Å². The molecule has 16 nitrogen and oxygen atoms in total. The SMILES string of the molecule is CC(C)COc1ccc(C(OC(=O)C(=O)OC(C(=O)N(Cc2ccc(F)cc2)C2CCN(CCC3OCCCO3)CC2)c2ccc(OCC(C)C)cc2)C(=O)N(Cc2ccc(F)cc2)C2CCN(CCC3OCCCO3)CC2)cc1. The Balaban J connectivity index is 1.06. The first kappa shape index (κ1) is 60.1. The largest absolute Gasteiger partial charge is 0.493 e. The van der Waals surface area contributed by atoms with Crippen molar-refractivity contribution in [3.05, 3.63) is 131 Å². The van der Waals surface area contributed by atoms with E-state index in [4.69, 9.17) is 37.9 Å². The van der Waals surface area contributed by atoms with Crippen LogP contribution in [-0.4, -0.2) is 147 Å². The molecular formula is C62H80F2N4O12. The maximum atomic E-state index is 15.4. The van der Waals surface area contributed by atoms with E-state index in [0.717, 1.165) is 25.9 Å². The number of esters is 2. The van der Waals surface area contributed by atoms with Crippen molar-refractivity contribution in [2.75, 3.05) is 78.9 Å². The maximum Gasteiger partial charge on any atom is 0.418 e. The molecule has 4 saturated heterocycles. The van der Waals surface area contributed by atoms with Crippen molar-refractivity contribution in [1.29, 1.82) is 0 Å². The van der Waals surface area contributed by atoms with Crippen LogP contribution >= 0.6 is 0 Å². The van der Waals surface area contributed by atoms with Crippen LogP contribution in [0.15, 0.2) is 97.1 Å². The second-order valence-corrected chi connectivity index (χ2v) is 22.1. The number of benzene rings is 4. The highest BCUT2D eigenvalue weighted by molar-refractivity contribution is 6.30. The molecule has 4 aromatic rings. The molecule has 434 valence electrons. The molecule has 4 aromatic carbocycles. The Kier molecular flexibility index (Phi) is 22.6. The van der Waals surface area contributed by atoms with Gasteiger partial charge in [-0.15, -0.1) is 0 Å². The Morgan fingerprint density at radius 3 is 1.18 bits per heavy atom. The average molecular weight is 1110 g/mol. The van der Waals surface area contributed by atoms with E-state index in [9.17, 15) is 18.4 Å². The molecule has 0 aliphatic carbocycles. The summed E-state index contributed by atoms with van der Waals surface area (Å²) in [6.45, 7) is 15.9. The summed E-state index contributed by atoms with van der Waals surface area (Å²) in [7, 11) is 0. The number of carbonyl (C=O) groups excluding carboxylic acids is 4. The third kappa shape index (κ3) is 18.0. The molecule has 4 heterocycles. The number of hydrogen-bond donors (Lipinski definition) is 0. The van der Waals surface area contributed by atoms with Crippen LogP contribution in [0.25, 0.3) is 0 Å². The smallest absolute Gasteiger partial charge is 0.418 e. The normalized spacial score (nSPS) is 18.1. The topological polar surface area (TPSA) is 155 Å². The molecule has 8 rings (SSSR count). The molecule has 2 unspecified atom stereocenters. The highest BCUT2D eigenvalue weighted by Crippen LogP contribution is 2.32. The van der Waals surface area contributed by atoms with Gasteiger partial charge in [0.15, 0.2) is 12.6 Å². The predicted molar refractivity (Wildman–Crippen MR) is 294 cm³/mol. The first-order valence-corrected chi connectivity index (χ1v) is 28.6. The zero-order valence-electron chi connectivity index (χ0n) is 46.9. The summed E-state index contributed by atoms with van der Waals surface area (Å²) < 4.78 is 75.8. The van der Waals surface area contributed by atoms with Crippen molar-refractivity contribution in [1.82, 2.24) is 19.6 Å². The zero-order valence-corrected chi connectivity index (χ0v) is 46.9. The molecule has 0 aromatic heterocycles. The summed E-state index contributed by atoms with van der Waals surface area (Å²) in [5.41, 5.74) is 1.83. The first-order valence-electron chi connectivity index (χ1n) is 28.6. The molecule has 4 fully saturated rings. The predicted octanol–water partition coefficient (Wildman–Crippen LogP) is 9.20. The summed E-state index contributed by atoms with van der Waals surface area (Å²) in [6.07, 6.45) is 1.61. The minimum absolute atomic E-state index is 0.0568. The lowest BCUT2D eigenvalue weighted by atomic mass is 9.99. The lowest BCUT2D eigenvalue weighted by Crippen LogP contribution is -2.50. The Labute approximate surface area is 469 Å². The average Bonchev–Trinajstić information content (AvgIpc) is 3.52. The minimum atomic E-state index is -1.66. The van der Waals surface area contributed by atoms with Crippen LogP contribution in [-0.2, 0) is 60.7 Å². The van der Waals surface area contributed by atoms with E-state index in [2.05, 4.69) is 9.80 Å². The Morgan fingerprint density at radius 1 is 0.512 bits per heavy atom. The van der Waals surface area contributed by atoms with Gasteiger partial charge in [-0.1, -0.05) is 76.2 Å². The lowest BCUT2D eigenvalue weighted by Gasteiger charge is -2.40. The second kappa shape index (κ2) is 30.2. The molecule has 80 heavy (non-hydrogen) atoms. The van der Waals surface area contributed by atoms with Gasteiger partial charge in [-0.3, -0.25) is 9.59 Å². The van der Waals surface area contributed by atoms with Crippen molar-refractivity contribution >= 4 is 23.8 Å². The first-order chi connectivity index (χ1) is 38.7. The van der Waals surface area contributed by atoms with E-state index in [1.54, 1.807) is 82.6 Å². The van der Waals surface area contributed by atoms with Gasteiger partial charge in [0, 0.05) is 88.4 Å². The van der Waals surface area contributed by atoms with E-state index in [-0.39, 0.29) is 60.7 Å². The number of hydrogen-bond acceptors (Lipinski definition) is 14. The summed E-state index contributed by atoms with van der Waals surface area (Å²) in [4.78, 5) is 67.8. The Hall–Kier alpha value is -6.02. The number of rotatable bonds is 24. The van der Waals surface area contributed by atoms with E-state index < -0.39 is 47.6 Å². The fourth-order valence-electron chi connectivity index (χ4n) is 10.4. The van der Waals surface area contributed by atoms with Gasteiger partial charge in [-0.2, -0.15) is 0 Å². The van der Waals surface area contributed by atoms with Gasteiger partial charge >= 0.3 is 11.9 Å². The maximum absolute atomic E-state index is 15.4. The third-order valence-electron chi connectivity index (χ3n) is 14.8. The lowest BCUT2D eigenvalue weighted by molar-refractivity contribution is -0.183. The van der Waals surface area contributed by atoms with Gasteiger partial charge < -0.3 is 57.5 Å². The molecule has 4 aliphatic rings. The fourth-order valence-corrected chi connectivity index (χ4v) is 10.4. The van der Waals surface area contributed by atoms with Crippen LogP contribution in [0, 0.1) is 23.5 Å². The number of likely N-dealkylation sites (tertiary alicyclic amines) is 2. The van der Waals surface area contributed by atoms with Crippen molar-refractivity contribution < 1.29 is 65.9 Å². The van der Waals surface area contributed by atoms with Crippen molar-refractivity contribution in [2.24, 2.45) is 11.8 Å². The van der Waals surface area contributed by atoms with Crippen LogP contribution in [0.5, 0.6) is 11.5 Å². The number of ether oxygens (including phenoxy) is 8. The van der Waals surface area contributed by atoms with E-state index in [1.807, 2.05) is 27.7 Å². The van der Waals surface area contributed by atoms with Gasteiger partial charge in [0.05, 0.1) is 39.6 Å².